The van der Waals surface area contributed by atoms with E-state index in [0.717, 1.165) is 19.6 Å². The molecule has 2 aliphatic rings. The number of nitrogens with zero attached hydrogens (tertiary/aromatic N) is 2. The van der Waals surface area contributed by atoms with Crippen molar-refractivity contribution in [3.63, 3.8) is 0 Å². The van der Waals surface area contributed by atoms with Crippen LogP contribution in [0.3, 0.4) is 0 Å². The van der Waals surface area contributed by atoms with Gasteiger partial charge in [0.2, 0.25) is 0 Å². The van der Waals surface area contributed by atoms with Crippen LogP contribution in [0.4, 0.5) is 0 Å². The van der Waals surface area contributed by atoms with E-state index >= 15 is 0 Å². The molecule has 2 aliphatic heterocycles. The molecule has 2 aromatic rings. The van der Waals surface area contributed by atoms with E-state index in [-0.39, 0.29) is 23.6 Å². The molecule has 0 radical (unpaired) electrons. The highest BCUT2D eigenvalue weighted by Gasteiger charge is 2.47. The van der Waals surface area contributed by atoms with Gasteiger partial charge in [0.25, 0.3) is 11.7 Å². The highest BCUT2D eigenvalue weighted by molar-refractivity contribution is 6.46. The predicted molar refractivity (Wildman–Crippen MR) is 131 cm³/mol. The van der Waals surface area contributed by atoms with Crippen LogP contribution in [0.2, 0.25) is 0 Å². The average molecular weight is 500 g/mol. The molecule has 36 heavy (non-hydrogen) atoms. The monoisotopic (exact) mass is 499 g/mol. The maximum atomic E-state index is 13.3. The number of aliphatic hydroxyl groups is 1. The van der Waals surface area contributed by atoms with Gasteiger partial charge in [0, 0.05) is 37.4 Å². The van der Waals surface area contributed by atoms with Crippen LogP contribution in [0.5, 0.6) is 0 Å². The van der Waals surface area contributed by atoms with Crippen LogP contribution in [-0.4, -0.2) is 83.5 Å². The Morgan fingerprint density at radius 1 is 1.17 bits per heavy atom. The minimum Gasteiger partial charge on any atom is -0.507 e. The highest BCUT2D eigenvalue weighted by atomic mass is 16.5. The molecule has 0 aliphatic carbocycles. The quantitative estimate of drug-likeness (QED) is 0.246. The van der Waals surface area contributed by atoms with E-state index in [4.69, 9.17) is 13.9 Å². The third kappa shape index (κ3) is 4.83. The third-order valence-corrected chi connectivity index (χ3v) is 6.70. The lowest BCUT2D eigenvalue weighted by atomic mass is 9.97. The van der Waals surface area contributed by atoms with E-state index in [2.05, 4.69) is 9.88 Å². The fourth-order valence-electron chi connectivity index (χ4n) is 4.94. The van der Waals surface area contributed by atoms with Gasteiger partial charge in [-0.2, -0.15) is 0 Å². The molecule has 2 saturated heterocycles. The topological polar surface area (TPSA) is 125 Å². The van der Waals surface area contributed by atoms with Gasteiger partial charge in [-0.3, -0.25) is 14.5 Å². The SMILES string of the molecule is CCOC(=O)c1[nH]c(C)c(C(O)=C2C(=O)C(=O)N(CCCN3CCOCC3)[C@@H]2c2ccc(C)o2)c1C. The summed E-state index contributed by atoms with van der Waals surface area (Å²) in [6.45, 7) is 11.1. The van der Waals surface area contributed by atoms with E-state index in [0.29, 0.717) is 54.5 Å². The number of nitrogens with one attached hydrogen (secondary N) is 1. The van der Waals surface area contributed by atoms with Gasteiger partial charge < -0.3 is 28.9 Å². The normalized spacial score (nSPS) is 20.3. The number of hydrogen-bond donors (Lipinski definition) is 2. The molecule has 0 spiro atoms. The van der Waals surface area contributed by atoms with Crippen LogP contribution < -0.4 is 0 Å². The van der Waals surface area contributed by atoms with E-state index in [9.17, 15) is 19.5 Å². The molecule has 0 bridgehead atoms. The minimum absolute atomic E-state index is 0.0543. The molecule has 0 saturated carbocycles. The largest absolute Gasteiger partial charge is 0.507 e. The number of ketones is 1. The van der Waals surface area contributed by atoms with Crippen LogP contribution in [0.25, 0.3) is 5.76 Å². The first kappa shape index (κ1) is 25.7. The van der Waals surface area contributed by atoms with Crippen LogP contribution in [-0.2, 0) is 19.1 Å². The summed E-state index contributed by atoms with van der Waals surface area (Å²) in [5.74, 6) is -1.34. The molecule has 4 rings (SSSR count). The maximum Gasteiger partial charge on any atom is 0.355 e. The first-order chi connectivity index (χ1) is 17.2. The van der Waals surface area contributed by atoms with Crippen molar-refractivity contribution in [2.75, 3.05) is 46.0 Å². The van der Waals surface area contributed by atoms with Crippen LogP contribution in [0.15, 0.2) is 22.1 Å². The first-order valence-corrected chi connectivity index (χ1v) is 12.3. The van der Waals surface area contributed by atoms with Gasteiger partial charge in [-0.05, 0) is 51.8 Å². The molecule has 10 heteroatoms. The summed E-state index contributed by atoms with van der Waals surface area (Å²) in [6, 6.07) is 2.60. The second kappa shape index (κ2) is 10.7. The van der Waals surface area contributed by atoms with E-state index in [1.54, 1.807) is 39.8 Å². The van der Waals surface area contributed by atoms with Gasteiger partial charge in [-0.15, -0.1) is 0 Å². The number of likely N-dealkylation sites (tertiary alicyclic amines) is 1. The van der Waals surface area contributed by atoms with Gasteiger partial charge in [-0.1, -0.05) is 0 Å². The number of carbonyl (C=O) groups excluding carboxylic acids is 3. The Kier molecular flexibility index (Phi) is 7.65. The highest BCUT2D eigenvalue weighted by Crippen LogP contribution is 2.41. The molecule has 2 fully saturated rings. The number of H-pyrrole nitrogens is 1. The number of morpholine rings is 1. The lowest BCUT2D eigenvalue weighted by molar-refractivity contribution is -0.140. The molecule has 1 atom stereocenters. The van der Waals surface area contributed by atoms with Gasteiger partial charge in [0.05, 0.1) is 25.4 Å². The summed E-state index contributed by atoms with van der Waals surface area (Å²) in [5.41, 5.74) is 1.37. The summed E-state index contributed by atoms with van der Waals surface area (Å²) in [5, 5.41) is 11.4. The number of Topliss-reactive ketones (excluding diaryl/α,β-unsaturated/α-hetero) is 1. The smallest absolute Gasteiger partial charge is 0.355 e. The molecule has 194 valence electrons. The number of hydrogen-bond acceptors (Lipinski definition) is 8. The number of ether oxygens (including phenoxy) is 2. The zero-order valence-electron chi connectivity index (χ0n) is 21.2. The fourth-order valence-corrected chi connectivity index (χ4v) is 4.94. The molecule has 0 aromatic carbocycles. The maximum absolute atomic E-state index is 13.3. The standard InChI is InChI=1S/C26H33N3O7/c1-5-35-26(33)21-16(3)19(17(4)27-21)23(30)20-22(18-8-7-15(2)36-18)29(25(32)24(20)31)10-6-9-28-11-13-34-14-12-28/h7-8,22,27,30H,5-6,9-14H2,1-4H3/t22-/m1/s1. The van der Waals surface area contributed by atoms with Gasteiger partial charge in [0.1, 0.15) is 29.0 Å². The summed E-state index contributed by atoms with van der Waals surface area (Å²) >= 11 is 0. The number of carbonyl (C=O) groups is 3. The summed E-state index contributed by atoms with van der Waals surface area (Å²) < 4.78 is 16.3. The van der Waals surface area contributed by atoms with Crippen LogP contribution in [0.1, 0.15) is 58.2 Å². The fraction of sp³-hybridized carbons (Fsp3) is 0.500. The van der Waals surface area contributed by atoms with Crippen molar-refractivity contribution in [1.29, 1.82) is 0 Å². The molecular formula is C26H33N3O7. The van der Waals surface area contributed by atoms with Crippen molar-refractivity contribution >= 4 is 23.4 Å². The van der Waals surface area contributed by atoms with E-state index in [1.165, 1.54) is 4.90 Å². The zero-order chi connectivity index (χ0) is 26.0. The Bertz CT molecular complexity index is 1190. The minimum atomic E-state index is -0.872. The number of amides is 1. The zero-order valence-corrected chi connectivity index (χ0v) is 21.2. The summed E-state index contributed by atoms with van der Waals surface area (Å²) in [4.78, 5) is 45.5. The number of aryl methyl sites for hydroxylation is 2. The number of esters is 1. The Labute approximate surface area is 209 Å². The third-order valence-electron chi connectivity index (χ3n) is 6.70. The van der Waals surface area contributed by atoms with Gasteiger partial charge in [0.15, 0.2) is 0 Å². The molecule has 2 aromatic heterocycles. The van der Waals surface area contributed by atoms with E-state index < -0.39 is 23.7 Å². The first-order valence-electron chi connectivity index (χ1n) is 12.3. The molecule has 10 nitrogen and oxygen atoms in total. The molecule has 0 unspecified atom stereocenters. The Morgan fingerprint density at radius 3 is 2.53 bits per heavy atom. The van der Waals surface area contributed by atoms with Crippen molar-refractivity contribution in [2.24, 2.45) is 0 Å². The molecule has 4 heterocycles. The summed E-state index contributed by atoms with van der Waals surface area (Å²) in [7, 11) is 0. The number of aromatic nitrogens is 1. The van der Waals surface area contributed by atoms with Gasteiger partial charge >= 0.3 is 5.97 Å². The molecule has 2 N–H and O–H groups in total. The van der Waals surface area contributed by atoms with Gasteiger partial charge in [-0.25, -0.2) is 4.79 Å². The van der Waals surface area contributed by atoms with Crippen LogP contribution in [0, 0.1) is 20.8 Å². The van der Waals surface area contributed by atoms with Crippen LogP contribution >= 0.6 is 0 Å². The van der Waals surface area contributed by atoms with Crippen molar-refractivity contribution in [1.82, 2.24) is 14.8 Å². The van der Waals surface area contributed by atoms with Crippen molar-refractivity contribution in [3.8, 4) is 0 Å². The number of furan rings is 1. The Morgan fingerprint density at radius 2 is 1.89 bits per heavy atom. The van der Waals surface area contributed by atoms with Crippen molar-refractivity contribution in [2.45, 2.75) is 40.2 Å². The lowest BCUT2D eigenvalue weighted by Gasteiger charge is -2.28. The Hall–Kier alpha value is -3.37. The number of aliphatic hydroxyl groups excluding tert-OH is 1. The average Bonchev–Trinajstić information content (AvgIpc) is 3.49. The predicted octanol–water partition coefficient (Wildman–Crippen LogP) is 2.85. The summed E-state index contributed by atoms with van der Waals surface area (Å²) in [6.07, 6.45) is 0.651. The second-order valence-corrected chi connectivity index (χ2v) is 9.09. The second-order valence-electron chi connectivity index (χ2n) is 9.09. The van der Waals surface area contributed by atoms with Crippen molar-refractivity contribution in [3.05, 3.63) is 51.7 Å². The lowest BCUT2D eigenvalue weighted by Crippen LogP contribution is -2.38. The van der Waals surface area contributed by atoms with Crippen molar-refractivity contribution < 1.29 is 33.4 Å². The number of rotatable bonds is 8. The molecule has 1 amide bonds. The number of aromatic amines is 1. The Balaban J connectivity index is 1.71. The van der Waals surface area contributed by atoms with E-state index in [1.807, 2.05) is 0 Å². The molecular weight excluding hydrogens is 466 g/mol.